The summed E-state index contributed by atoms with van der Waals surface area (Å²) in [6.07, 6.45) is 5.27. The molecule has 1 saturated carbocycles. The minimum Gasteiger partial charge on any atom is -0.352 e. The lowest BCUT2D eigenvalue weighted by Crippen LogP contribution is -2.54. The van der Waals surface area contributed by atoms with Gasteiger partial charge in [-0.1, -0.05) is 85.3 Å². The summed E-state index contributed by atoms with van der Waals surface area (Å²) in [4.78, 5) is 29.5. The molecule has 0 heterocycles. The zero-order chi connectivity index (χ0) is 31.1. The highest BCUT2D eigenvalue weighted by Gasteiger charge is 2.35. The summed E-state index contributed by atoms with van der Waals surface area (Å²) in [5.41, 5.74) is 1.35. The van der Waals surface area contributed by atoms with E-state index in [0.717, 1.165) is 36.4 Å². The van der Waals surface area contributed by atoms with E-state index >= 15 is 0 Å². The number of benzene rings is 3. The van der Waals surface area contributed by atoms with E-state index in [-0.39, 0.29) is 23.4 Å². The first-order valence-corrected chi connectivity index (χ1v) is 17.0. The van der Waals surface area contributed by atoms with Gasteiger partial charge >= 0.3 is 0 Å². The Morgan fingerprint density at radius 2 is 1.58 bits per heavy atom. The molecule has 1 atom stereocenters. The zero-order valence-electron chi connectivity index (χ0n) is 24.2. The largest absolute Gasteiger partial charge is 0.352 e. The van der Waals surface area contributed by atoms with Crippen LogP contribution in [-0.2, 0) is 26.2 Å². The fourth-order valence-electron chi connectivity index (χ4n) is 5.45. The summed E-state index contributed by atoms with van der Waals surface area (Å²) >= 11 is 19.2. The molecule has 3 aromatic carbocycles. The van der Waals surface area contributed by atoms with Crippen molar-refractivity contribution in [1.29, 1.82) is 0 Å². The lowest BCUT2D eigenvalue weighted by Gasteiger charge is -2.35. The second kappa shape index (κ2) is 14.8. The van der Waals surface area contributed by atoms with Crippen molar-refractivity contribution >= 4 is 62.3 Å². The topological polar surface area (TPSA) is 86.8 Å². The van der Waals surface area contributed by atoms with E-state index in [4.69, 9.17) is 34.8 Å². The van der Waals surface area contributed by atoms with Crippen LogP contribution >= 0.6 is 34.8 Å². The molecule has 2 amide bonds. The first kappa shape index (κ1) is 33.1. The number of carbonyl (C=O) groups excluding carboxylic acids is 2. The molecule has 43 heavy (non-hydrogen) atoms. The predicted molar refractivity (Wildman–Crippen MR) is 173 cm³/mol. The second-order valence-electron chi connectivity index (χ2n) is 10.7. The highest BCUT2D eigenvalue weighted by atomic mass is 35.5. The Morgan fingerprint density at radius 3 is 2.19 bits per heavy atom. The summed E-state index contributed by atoms with van der Waals surface area (Å²) in [6, 6.07) is 16.9. The van der Waals surface area contributed by atoms with E-state index in [1.807, 2.05) is 6.92 Å². The van der Waals surface area contributed by atoms with Crippen LogP contribution < -0.4 is 9.62 Å². The Balaban J connectivity index is 1.75. The van der Waals surface area contributed by atoms with Crippen LogP contribution in [0.1, 0.15) is 56.6 Å². The number of nitrogens with one attached hydrogen (secondary N) is 1. The smallest absolute Gasteiger partial charge is 0.264 e. The van der Waals surface area contributed by atoms with Gasteiger partial charge in [0.25, 0.3) is 10.0 Å². The average Bonchev–Trinajstić information content (AvgIpc) is 2.98. The molecule has 7 nitrogen and oxygen atoms in total. The molecule has 1 aliphatic rings. The molecule has 0 spiro atoms. The maximum Gasteiger partial charge on any atom is 0.264 e. The lowest BCUT2D eigenvalue weighted by atomic mass is 9.95. The van der Waals surface area contributed by atoms with Gasteiger partial charge in [0.15, 0.2) is 0 Å². The molecule has 0 radical (unpaired) electrons. The third kappa shape index (κ3) is 8.04. The number of anilines is 1. The molecule has 4 rings (SSSR count). The second-order valence-corrected chi connectivity index (χ2v) is 13.9. The van der Waals surface area contributed by atoms with Gasteiger partial charge in [-0.3, -0.25) is 13.9 Å². The molecule has 1 aliphatic carbocycles. The summed E-state index contributed by atoms with van der Waals surface area (Å²) in [6.45, 7) is 2.91. The number of carbonyl (C=O) groups is 2. The summed E-state index contributed by atoms with van der Waals surface area (Å²) < 4.78 is 29.1. The Hall–Kier alpha value is -2.78. The van der Waals surface area contributed by atoms with Crippen molar-refractivity contribution in [2.75, 3.05) is 10.8 Å². The van der Waals surface area contributed by atoms with E-state index < -0.39 is 28.5 Å². The highest BCUT2D eigenvalue weighted by Crippen LogP contribution is 2.31. The number of aryl methyl sites for hydroxylation is 1. The minimum absolute atomic E-state index is 0.0277. The molecule has 0 aliphatic heterocycles. The van der Waals surface area contributed by atoms with Gasteiger partial charge in [-0.05, 0) is 74.2 Å². The van der Waals surface area contributed by atoms with Gasteiger partial charge in [-0.15, -0.1) is 0 Å². The first-order chi connectivity index (χ1) is 20.5. The molecule has 3 aromatic rings. The molecule has 0 bridgehead atoms. The quantitative estimate of drug-likeness (QED) is 0.231. The summed E-state index contributed by atoms with van der Waals surface area (Å²) in [5, 5.41) is 4.25. The van der Waals surface area contributed by atoms with Crippen LogP contribution in [0.5, 0.6) is 0 Å². The summed E-state index contributed by atoms with van der Waals surface area (Å²) in [5.74, 6) is -0.860. The molecule has 0 unspecified atom stereocenters. The van der Waals surface area contributed by atoms with Crippen molar-refractivity contribution in [2.45, 2.75) is 75.9 Å². The van der Waals surface area contributed by atoms with E-state index in [1.165, 1.54) is 17.0 Å². The fraction of sp³-hybridized carbons (Fsp3) is 0.375. The normalized spacial score (nSPS) is 14.6. The van der Waals surface area contributed by atoms with E-state index in [0.29, 0.717) is 38.3 Å². The Labute approximate surface area is 269 Å². The van der Waals surface area contributed by atoms with E-state index in [9.17, 15) is 18.0 Å². The monoisotopic (exact) mass is 663 g/mol. The van der Waals surface area contributed by atoms with Crippen molar-refractivity contribution < 1.29 is 18.0 Å². The fourth-order valence-corrected chi connectivity index (χ4v) is 7.69. The summed E-state index contributed by atoms with van der Waals surface area (Å²) in [7, 11) is -4.19. The van der Waals surface area contributed by atoms with Gasteiger partial charge in [0.1, 0.15) is 12.6 Å². The SMILES string of the molecule is CC[C@@H](C(=O)NC1CCCCC1)N(Cc1c(Cl)cccc1Cl)C(=O)CN(c1ccc(Cl)cc1C)S(=O)(=O)c1ccccc1. The van der Waals surface area contributed by atoms with Gasteiger partial charge in [0.05, 0.1) is 10.6 Å². The van der Waals surface area contributed by atoms with Gasteiger partial charge in [-0.2, -0.15) is 0 Å². The Morgan fingerprint density at radius 1 is 0.930 bits per heavy atom. The van der Waals surface area contributed by atoms with Crippen LogP contribution in [0, 0.1) is 6.92 Å². The highest BCUT2D eigenvalue weighted by molar-refractivity contribution is 7.92. The molecule has 1 N–H and O–H groups in total. The molecule has 0 aromatic heterocycles. The first-order valence-electron chi connectivity index (χ1n) is 14.4. The van der Waals surface area contributed by atoms with Crippen LogP contribution in [0.3, 0.4) is 0 Å². The maximum atomic E-state index is 14.3. The maximum absolute atomic E-state index is 14.3. The van der Waals surface area contributed by atoms with Crippen LogP contribution in [0.2, 0.25) is 15.1 Å². The van der Waals surface area contributed by atoms with Gasteiger partial charge in [-0.25, -0.2) is 8.42 Å². The predicted octanol–water partition coefficient (Wildman–Crippen LogP) is 7.41. The average molecular weight is 665 g/mol. The zero-order valence-corrected chi connectivity index (χ0v) is 27.3. The number of halogens is 3. The number of amides is 2. The minimum atomic E-state index is -4.19. The number of sulfonamides is 1. The van der Waals surface area contributed by atoms with Gasteiger partial charge in [0, 0.05) is 33.2 Å². The van der Waals surface area contributed by atoms with E-state index in [2.05, 4.69) is 5.32 Å². The molecule has 0 saturated heterocycles. The van der Waals surface area contributed by atoms with Gasteiger partial charge < -0.3 is 10.2 Å². The van der Waals surface area contributed by atoms with E-state index in [1.54, 1.807) is 61.5 Å². The van der Waals surface area contributed by atoms with Crippen molar-refractivity contribution in [3.8, 4) is 0 Å². The molecular weight excluding hydrogens is 629 g/mol. The standard InChI is InChI=1S/C32H36Cl3N3O4S/c1-3-29(32(40)36-24-11-6-4-7-12-24)37(20-26-27(34)15-10-16-28(26)35)31(39)21-38(30-18-17-23(33)19-22(30)2)43(41,42)25-13-8-5-9-14-25/h5,8-10,13-19,24,29H,3-4,6-7,11-12,20-21H2,1-2H3,(H,36,40)/t29-/m0/s1. The molecule has 1 fully saturated rings. The van der Waals surface area contributed by atoms with Crippen molar-refractivity contribution in [1.82, 2.24) is 10.2 Å². The third-order valence-electron chi connectivity index (χ3n) is 7.77. The number of nitrogens with zero attached hydrogens (tertiary/aromatic N) is 2. The van der Waals surface area contributed by atoms with Crippen LogP contribution in [0.15, 0.2) is 71.6 Å². The molecular formula is C32H36Cl3N3O4S. The number of hydrogen-bond acceptors (Lipinski definition) is 4. The van der Waals surface area contributed by atoms with Crippen molar-refractivity contribution in [2.24, 2.45) is 0 Å². The van der Waals surface area contributed by atoms with Gasteiger partial charge in [0.2, 0.25) is 11.8 Å². The lowest BCUT2D eigenvalue weighted by molar-refractivity contribution is -0.140. The number of hydrogen-bond donors (Lipinski definition) is 1. The Kier molecular flexibility index (Phi) is 11.4. The van der Waals surface area contributed by atoms with Crippen molar-refractivity contribution in [3.05, 3.63) is 92.9 Å². The van der Waals surface area contributed by atoms with Crippen LogP contribution in [0.25, 0.3) is 0 Å². The van der Waals surface area contributed by atoms with Crippen molar-refractivity contribution in [3.63, 3.8) is 0 Å². The van der Waals surface area contributed by atoms with Crippen LogP contribution in [-0.4, -0.2) is 43.8 Å². The Bertz CT molecular complexity index is 1530. The van der Waals surface area contributed by atoms with Crippen LogP contribution in [0.4, 0.5) is 5.69 Å². The third-order valence-corrected chi connectivity index (χ3v) is 10.5. The molecule has 230 valence electrons. The molecule has 11 heteroatoms. The number of rotatable bonds is 11.